The van der Waals surface area contributed by atoms with Gasteiger partial charge in [-0.1, -0.05) is 29.8 Å². The highest BCUT2D eigenvalue weighted by Crippen LogP contribution is 2.06. The summed E-state index contributed by atoms with van der Waals surface area (Å²) < 4.78 is 243. The van der Waals surface area contributed by atoms with Crippen molar-refractivity contribution in [2.75, 3.05) is 588 Å². The standard InChI is InChI=1S/C99H191NO45/c1-97-3-5-98(6-4-97)7-8-99(101)100-9-10-103-13-14-105-17-18-107-21-22-109-25-26-111-29-30-113-33-34-115-37-38-117-41-42-119-45-46-121-49-50-123-53-54-125-57-58-127-61-62-129-65-66-131-69-70-133-73-74-135-77-78-137-81-82-139-85-86-141-89-90-143-93-94-145-96-95-144-92-91-142-88-87-140-84-83-138-80-79-136-76-75-134-72-71-132-68-67-130-64-63-128-60-59-126-56-55-124-52-51-122-48-47-120-44-43-118-40-39-116-36-35-114-32-31-112-28-27-110-24-23-108-20-19-106-16-15-104-12-11-102-2/h3-6H,7-96H2,1-2H3,(H,100,101). The number of carbonyl (C=O) groups is 1. The zero-order valence-electron chi connectivity index (χ0n) is 88.3. The first-order valence-corrected chi connectivity index (χ1v) is 51.9. The fraction of sp³-hybridized carbons (Fsp3) is 0.929. The van der Waals surface area contributed by atoms with Crippen LogP contribution in [0.5, 0.6) is 0 Å². The van der Waals surface area contributed by atoms with Gasteiger partial charge in [0.25, 0.3) is 0 Å². The van der Waals surface area contributed by atoms with Gasteiger partial charge in [-0.3, -0.25) is 4.79 Å². The lowest BCUT2D eigenvalue weighted by atomic mass is 10.1. The Balaban J connectivity index is 1.58. The van der Waals surface area contributed by atoms with E-state index in [1.54, 1.807) is 7.11 Å². The molecule has 0 radical (unpaired) electrons. The van der Waals surface area contributed by atoms with E-state index >= 15 is 0 Å². The van der Waals surface area contributed by atoms with Gasteiger partial charge in [0.15, 0.2) is 0 Å². The molecule has 0 saturated carbocycles. The van der Waals surface area contributed by atoms with Crippen LogP contribution in [0.3, 0.4) is 0 Å². The molecule has 0 aliphatic rings. The summed E-state index contributed by atoms with van der Waals surface area (Å²) in [6.45, 7) is 44.4. The highest BCUT2D eigenvalue weighted by Gasteiger charge is 2.08. The molecule has 0 saturated heterocycles. The molecule has 0 atom stereocenters. The maximum atomic E-state index is 12.0. The van der Waals surface area contributed by atoms with Crippen molar-refractivity contribution in [1.29, 1.82) is 0 Å². The van der Waals surface area contributed by atoms with Crippen molar-refractivity contribution in [3.8, 4) is 0 Å². The quantitative estimate of drug-likeness (QED) is 0.0915. The van der Waals surface area contributed by atoms with Crippen molar-refractivity contribution in [3.05, 3.63) is 35.4 Å². The lowest BCUT2D eigenvalue weighted by molar-refractivity contribution is -0.121. The van der Waals surface area contributed by atoms with E-state index in [0.29, 0.717) is 588 Å². The van der Waals surface area contributed by atoms with E-state index in [2.05, 4.69) is 29.6 Å². The first-order valence-electron chi connectivity index (χ1n) is 51.9. The van der Waals surface area contributed by atoms with Gasteiger partial charge in [0.2, 0.25) is 5.91 Å². The molecule has 1 aromatic carbocycles. The molecule has 1 rings (SSSR count). The summed E-state index contributed by atoms with van der Waals surface area (Å²) in [5.41, 5.74) is 2.37. The van der Waals surface area contributed by atoms with E-state index in [-0.39, 0.29) is 5.91 Å². The summed E-state index contributed by atoms with van der Waals surface area (Å²) in [5, 5.41) is 2.88. The lowest BCUT2D eigenvalue weighted by Crippen LogP contribution is -2.27. The van der Waals surface area contributed by atoms with Crippen LogP contribution >= 0.6 is 0 Å². The summed E-state index contributed by atoms with van der Waals surface area (Å²) in [6, 6.07) is 8.23. The first-order chi connectivity index (χ1) is 72.2. The van der Waals surface area contributed by atoms with Crippen molar-refractivity contribution >= 4 is 5.91 Å². The van der Waals surface area contributed by atoms with Gasteiger partial charge >= 0.3 is 0 Å². The number of benzene rings is 1. The van der Waals surface area contributed by atoms with E-state index in [4.69, 9.17) is 208 Å². The molecular weight excluding hydrogens is 1920 g/mol. The number of amides is 1. The zero-order chi connectivity index (χ0) is 103. The molecular formula is C99H191NO45. The monoisotopic (exact) mass is 2110 g/mol. The van der Waals surface area contributed by atoms with E-state index in [0.717, 1.165) is 12.0 Å². The van der Waals surface area contributed by atoms with Gasteiger partial charge in [-0.25, -0.2) is 0 Å². The van der Waals surface area contributed by atoms with Gasteiger partial charge in [0, 0.05) is 20.1 Å². The molecule has 0 fully saturated rings. The van der Waals surface area contributed by atoms with Gasteiger partial charge in [0.05, 0.1) is 575 Å². The molecule has 1 N–H and O–H groups in total. The van der Waals surface area contributed by atoms with Gasteiger partial charge in [-0.05, 0) is 18.9 Å². The number of ether oxygens (including phenoxy) is 44. The number of aryl methyl sites for hydroxylation is 2. The fourth-order valence-electron chi connectivity index (χ4n) is 10.8. The Morgan fingerprint density at radius 3 is 0.352 bits per heavy atom. The molecule has 46 nitrogen and oxygen atoms in total. The molecule has 145 heavy (non-hydrogen) atoms. The van der Waals surface area contributed by atoms with Crippen LogP contribution in [0, 0.1) is 6.92 Å². The first kappa shape index (κ1) is 140. The van der Waals surface area contributed by atoms with Crippen molar-refractivity contribution in [2.24, 2.45) is 0 Å². The minimum atomic E-state index is 0.0234. The van der Waals surface area contributed by atoms with Crippen molar-refractivity contribution in [1.82, 2.24) is 5.32 Å². The molecule has 0 aromatic heterocycles. The minimum absolute atomic E-state index is 0.0234. The number of nitrogens with one attached hydrogen (secondary N) is 1. The zero-order valence-corrected chi connectivity index (χ0v) is 88.3. The topological polar surface area (TPSA) is 435 Å². The summed E-state index contributed by atoms with van der Waals surface area (Å²) in [4.78, 5) is 12.0. The van der Waals surface area contributed by atoms with Gasteiger partial charge in [-0.15, -0.1) is 0 Å². The molecule has 862 valence electrons. The Bertz CT molecular complexity index is 2320. The SMILES string of the molecule is COCCOCCOCCOCCOCCOCCOCCOCCOCCOCCOCCOCCOCCOCCOCCOCCOCCOCCOCCOCCOCCOCCOCCOCCOCCOCCOCCOCCOCCOCCOCCOCCOCCOCCOCCOCCOCCOCCOCCOCCOCCOCCOCCOCCNC(=O)CCc1ccc(C)cc1. The van der Waals surface area contributed by atoms with E-state index in [1.807, 2.05) is 6.92 Å². The molecule has 0 bridgehead atoms. The summed E-state index contributed by atoms with van der Waals surface area (Å²) in [6.07, 6.45) is 1.19. The van der Waals surface area contributed by atoms with E-state index < -0.39 is 0 Å². The smallest absolute Gasteiger partial charge is 0.220 e. The predicted molar refractivity (Wildman–Crippen MR) is 530 cm³/mol. The highest BCUT2D eigenvalue weighted by atomic mass is 16.7. The van der Waals surface area contributed by atoms with Crippen LogP contribution in [0.2, 0.25) is 0 Å². The Morgan fingerprint density at radius 2 is 0.248 bits per heavy atom. The molecule has 0 unspecified atom stereocenters. The molecule has 0 aliphatic carbocycles. The third-order valence-electron chi connectivity index (χ3n) is 18.4. The average molecular weight is 2120 g/mol. The maximum absolute atomic E-state index is 12.0. The summed E-state index contributed by atoms with van der Waals surface area (Å²) in [7, 11) is 1.64. The van der Waals surface area contributed by atoms with Gasteiger partial charge < -0.3 is 214 Å². The van der Waals surface area contributed by atoms with Gasteiger partial charge in [-0.2, -0.15) is 0 Å². The molecule has 1 aromatic rings. The number of hydrogen-bond acceptors (Lipinski definition) is 45. The molecule has 46 heteroatoms. The largest absolute Gasteiger partial charge is 0.382 e. The Hall–Kier alpha value is -3.07. The van der Waals surface area contributed by atoms with Crippen molar-refractivity contribution in [3.63, 3.8) is 0 Å². The van der Waals surface area contributed by atoms with Crippen LogP contribution in [0.1, 0.15) is 17.5 Å². The number of carbonyl (C=O) groups excluding carboxylic acids is 1. The van der Waals surface area contributed by atoms with Gasteiger partial charge in [0.1, 0.15) is 0 Å². The van der Waals surface area contributed by atoms with Crippen LogP contribution in [-0.4, -0.2) is 594 Å². The summed E-state index contributed by atoms with van der Waals surface area (Å²) in [5.74, 6) is 0.0234. The molecule has 0 heterocycles. The van der Waals surface area contributed by atoms with Crippen LogP contribution < -0.4 is 5.32 Å². The highest BCUT2D eigenvalue weighted by molar-refractivity contribution is 5.76. The van der Waals surface area contributed by atoms with Crippen LogP contribution in [0.15, 0.2) is 24.3 Å². The number of methoxy groups -OCH3 is 1. The number of hydrogen-bond donors (Lipinski definition) is 1. The summed E-state index contributed by atoms with van der Waals surface area (Å²) >= 11 is 0. The van der Waals surface area contributed by atoms with E-state index in [1.165, 1.54) is 5.56 Å². The maximum Gasteiger partial charge on any atom is 0.220 e. The fourth-order valence-corrected chi connectivity index (χ4v) is 10.8. The second-order valence-corrected chi connectivity index (χ2v) is 30.2. The Morgan fingerprint density at radius 1 is 0.152 bits per heavy atom. The van der Waals surface area contributed by atoms with Crippen LogP contribution in [0.4, 0.5) is 0 Å². The number of rotatable bonds is 135. The third-order valence-corrected chi connectivity index (χ3v) is 18.4. The second-order valence-electron chi connectivity index (χ2n) is 30.2. The predicted octanol–water partition coefficient (Wildman–Crippen LogP) is 2.40. The van der Waals surface area contributed by atoms with Crippen LogP contribution in [0.25, 0.3) is 0 Å². The third kappa shape index (κ3) is 128. The normalized spacial score (nSPS) is 11.8. The molecule has 0 aliphatic heterocycles. The molecule has 0 spiro atoms. The Kier molecular flexibility index (Phi) is 127. The van der Waals surface area contributed by atoms with E-state index in [9.17, 15) is 4.79 Å². The Labute approximate surface area is 864 Å². The average Bonchev–Trinajstić information content (AvgIpc) is 0.923. The van der Waals surface area contributed by atoms with Crippen LogP contribution in [-0.2, 0) is 220 Å². The van der Waals surface area contributed by atoms with Crippen molar-refractivity contribution < 1.29 is 213 Å². The van der Waals surface area contributed by atoms with Crippen molar-refractivity contribution in [2.45, 2.75) is 19.8 Å². The minimum Gasteiger partial charge on any atom is -0.382 e. The second kappa shape index (κ2) is 131. The lowest BCUT2D eigenvalue weighted by Gasteiger charge is -2.09. The molecule has 1 amide bonds.